The monoisotopic (exact) mass is 293 g/mol. The second kappa shape index (κ2) is 8.50. The van der Waals surface area contributed by atoms with E-state index in [0.717, 1.165) is 48.4 Å². The summed E-state index contributed by atoms with van der Waals surface area (Å²) in [5, 5.41) is 4.54. The number of nitrogens with one attached hydrogen (secondary N) is 1. The second-order valence-corrected chi connectivity index (χ2v) is 6.69. The van der Waals surface area contributed by atoms with Gasteiger partial charge in [-0.1, -0.05) is 26.7 Å². The summed E-state index contributed by atoms with van der Waals surface area (Å²) in [5.41, 5.74) is 0. The third kappa shape index (κ3) is 4.97. The number of rotatable bonds is 8. The molecule has 112 valence electrons. The minimum atomic E-state index is 0.900. The quantitative estimate of drug-likeness (QED) is 0.564. The van der Waals surface area contributed by atoms with Crippen LogP contribution in [0.1, 0.15) is 58.2 Å². The summed E-state index contributed by atoms with van der Waals surface area (Å²) in [6.45, 7) is 5.34. The first-order chi connectivity index (χ1) is 9.81. The molecule has 20 heavy (non-hydrogen) atoms. The van der Waals surface area contributed by atoms with Crippen molar-refractivity contribution in [2.24, 2.45) is 5.92 Å². The van der Waals surface area contributed by atoms with E-state index >= 15 is 0 Å². The van der Waals surface area contributed by atoms with Crippen LogP contribution in [-0.4, -0.2) is 22.3 Å². The molecule has 1 N–H and O–H groups in total. The Morgan fingerprint density at radius 2 is 2.00 bits per heavy atom. The van der Waals surface area contributed by atoms with Crippen LogP contribution < -0.4 is 5.32 Å². The molecular formula is C16H27N3S. The average molecular weight is 293 g/mol. The fourth-order valence-electron chi connectivity index (χ4n) is 2.61. The summed E-state index contributed by atoms with van der Waals surface area (Å²) in [5.74, 6) is 4.11. The van der Waals surface area contributed by atoms with Gasteiger partial charge in [0.1, 0.15) is 16.7 Å². The molecule has 1 saturated carbocycles. The molecule has 1 heterocycles. The summed E-state index contributed by atoms with van der Waals surface area (Å²) in [7, 11) is 0. The van der Waals surface area contributed by atoms with Gasteiger partial charge >= 0.3 is 0 Å². The van der Waals surface area contributed by atoms with E-state index in [-0.39, 0.29) is 0 Å². The fourth-order valence-corrected chi connectivity index (χ4v) is 3.71. The molecule has 1 aromatic rings. The molecule has 0 bridgehead atoms. The van der Waals surface area contributed by atoms with Crippen LogP contribution in [0.4, 0.5) is 5.82 Å². The molecule has 2 rings (SSSR count). The first-order valence-electron chi connectivity index (χ1n) is 8.06. The van der Waals surface area contributed by atoms with Gasteiger partial charge in [-0.2, -0.15) is 0 Å². The van der Waals surface area contributed by atoms with Crippen molar-refractivity contribution in [1.82, 2.24) is 9.97 Å². The van der Waals surface area contributed by atoms with Gasteiger partial charge in [-0.25, -0.2) is 9.97 Å². The van der Waals surface area contributed by atoms with Crippen LogP contribution in [0.15, 0.2) is 11.1 Å². The normalized spacial score (nSPS) is 15.7. The highest BCUT2D eigenvalue weighted by Crippen LogP contribution is 2.30. The standard InChI is InChI=1S/C16H27N3S/c1-3-7-14-18-15(17-10-4-2)11-16(19-14)20-12-13-8-5-6-9-13/h11,13H,3-10,12H2,1-2H3,(H,17,18,19). The van der Waals surface area contributed by atoms with Gasteiger partial charge < -0.3 is 5.32 Å². The Labute approximate surface area is 127 Å². The Bertz CT molecular complexity index is 403. The molecule has 1 fully saturated rings. The predicted molar refractivity (Wildman–Crippen MR) is 87.5 cm³/mol. The van der Waals surface area contributed by atoms with Crippen molar-refractivity contribution in [3.8, 4) is 0 Å². The van der Waals surface area contributed by atoms with Crippen molar-refractivity contribution in [2.75, 3.05) is 17.6 Å². The van der Waals surface area contributed by atoms with Crippen molar-refractivity contribution in [3.05, 3.63) is 11.9 Å². The second-order valence-electron chi connectivity index (χ2n) is 5.65. The molecule has 1 aromatic heterocycles. The molecule has 0 atom stereocenters. The van der Waals surface area contributed by atoms with Crippen molar-refractivity contribution >= 4 is 17.6 Å². The zero-order chi connectivity index (χ0) is 14.2. The number of nitrogens with zero attached hydrogens (tertiary/aromatic N) is 2. The van der Waals surface area contributed by atoms with Gasteiger partial charge in [-0.15, -0.1) is 11.8 Å². The van der Waals surface area contributed by atoms with Gasteiger partial charge in [-0.05, 0) is 31.6 Å². The summed E-state index contributed by atoms with van der Waals surface area (Å²) >= 11 is 1.91. The van der Waals surface area contributed by atoms with Crippen LogP contribution >= 0.6 is 11.8 Å². The maximum absolute atomic E-state index is 4.70. The fraction of sp³-hybridized carbons (Fsp3) is 0.750. The average Bonchev–Trinajstić information content (AvgIpc) is 2.96. The molecule has 1 aliphatic rings. The molecule has 4 heteroatoms. The lowest BCUT2D eigenvalue weighted by molar-refractivity contribution is 0.622. The Kier molecular flexibility index (Phi) is 6.64. The van der Waals surface area contributed by atoms with E-state index in [1.165, 1.54) is 31.4 Å². The molecule has 0 spiro atoms. The van der Waals surface area contributed by atoms with Crippen molar-refractivity contribution in [1.29, 1.82) is 0 Å². The number of aryl methyl sites for hydroxylation is 1. The number of thioether (sulfide) groups is 1. The maximum atomic E-state index is 4.70. The van der Waals surface area contributed by atoms with Gasteiger partial charge in [-0.3, -0.25) is 0 Å². The smallest absolute Gasteiger partial charge is 0.132 e. The Balaban J connectivity index is 1.98. The van der Waals surface area contributed by atoms with E-state index in [9.17, 15) is 0 Å². The van der Waals surface area contributed by atoms with Gasteiger partial charge in [0.05, 0.1) is 0 Å². The van der Waals surface area contributed by atoms with E-state index in [0.29, 0.717) is 0 Å². The molecule has 0 aliphatic heterocycles. The number of anilines is 1. The van der Waals surface area contributed by atoms with Crippen LogP contribution in [0.3, 0.4) is 0 Å². The number of hydrogen-bond donors (Lipinski definition) is 1. The van der Waals surface area contributed by atoms with Crippen molar-refractivity contribution in [2.45, 2.75) is 63.8 Å². The highest BCUT2D eigenvalue weighted by Gasteiger charge is 2.15. The Morgan fingerprint density at radius 1 is 1.20 bits per heavy atom. The van der Waals surface area contributed by atoms with Gasteiger partial charge in [0.25, 0.3) is 0 Å². The Morgan fingerprint density at radius 3 is 2.70 bits per heavy atom. The minimum absolute atomic E-state index is 0.900. The molecule has 0 saturated heterocycles. The zero-order valence-corrected chi connectivity index (χ0v) is 13.6. The highest BCUT2D eigenvalue weighted by atomic mass is 32.2. The van der Waals surface area contributed by atoms with E-state index in [1.807, 2.05) is 11.8 Å². The molecule has 3 nitrogen and oxygen atoms in total. The van der Waals surface area contributed by atoms with E-state index in [1.54, 1.807) is 0 Å². The largest absolute Gasteiger partial charge is 0.370 e. The lowest BCUT2D eigenvalue weighted by atomic mass is 10.1. The molecule has 1 aliphatic carbocycles. The predicted octanol–water partition coefficient (Wildman–Crippen LogP) is 4.53. The van der Waals surface area contributed by atoms with E-state index in [2.05, 4.69) is 30.2 Å². The SMILES string of the molecule is CCCNc1cc(SCC2CCCC2)nc(CCC)n1. The summed E-state index contributed by atoms with van der Waals surface area (Å²) in [4.78, 5) is 9.31. The summed E-state index contributed by atoms with van der Waals surface area (Å²) < 4.78 is 0. The highest BCUT2D eigenvalue weighted by molar-refractivity contribution is 7.99. The first kappa shape index (κ1) is 15.6. The maximum Gasteiger partial charge on any atom is 0.132 e. The van der Waals surface area contributed by atoms with Crippen LogP contribution in [0, 0.1) is 5.92 Å². The molecule has 0 aromatic carbocycles. The topological polar surface area (TPSA) is 37.8 Å². The Hall–Kier alpha value is -0.770. The molecule has 0 unspecified atom stereocenters. The first-order valence-corrected chi connectivity index (χ1v) is 9.05. The van der Waals surface area contributed by atoms with Crippen LogP contribution in [0.2, 0.25) is 0 Å². The van der Waals surface area contributed by atoms with Gasteiger partial charge in [0.15, 0.2) is 0 Å². The molecule has 0 radical (unpaired) electrons. The zero-order valence-electron chi connectivity index (χ0n) is 12.8. The summed E-state index contributed by atoms with van der Waals surface area (Å²) in [6.07, 6.45) is 8.83. The van der Waals surface area contributed by atoms with E-state index < -0.39 is 0 Å². The minimum Gasteiger partial charge on any atom is -0.370 e. The molecule has 0 amide bonds. The van der Waals surface area contributed by atoms with Gasteiger partial charge in [0, 0.05) is 24.8 Å². The van der Waals surface area contributed by atoms with Crippen LogP contribution in [0.5, 0.6) is 0 Å². The van der Waals surface area contributed by atoms with Crippen molar-refractivity contribution < 1.29 is 0 Å². The van der Waals surface area contributed by atoms with Crippen LogP contribution in [0.25, 0.3) is 0 Å². The van der Waals surface area contributed by atoms with E-state index in [4.69, 9.17) is 4.98 Å². The third-order valence-corrected chi connectivity index (χ3v) is 4.86. The number of hydrogen-bond acceptors (Lipinski definition) is 4. The lowest BCUT2D eigenvalue weighted by Gasteiger charge is -2.11. The van der Waals surface area contributed by atoms with Crippen LogP contribution in [-0.2, 0) is 6.42 Å². The number of aromatic nitrogens is 2. The van der Waals surface area contributed by atoms with Gasteiger partial charge in [0.2, 0.25) is 0 Å². The lowest BCUT2D eigenvalue weighted by Crippen LogP contribution is -2.06. The van der Waals surface area contributed by atoms with Crippen molar-refractivity contribution in [3.63, 3.8) is 0 Å². The third-order valence-electron chi connectivity index (χ3n) is 3.72. The molecular weight excluding hydrogens is 266 g/mol. The summed E-state index contributed by atoms with van der Waals surface area (Å²) in [6, 6.07) is 2.12.